The van der Waals surface area contributed by atoms with Gasteiger partial charge in [-0.05, 0) is 56.2 Å². The second kappa shape index (κ2) is 7.42. The smallest absolute Gasteiger partial charge is 0.270 e. The third-order valence-electron chi connectivity index (χ3n) is 4.64. The molecule has 0 aliphatic rings. The van der Waals surface area contributed by atoms with Crippen molar-refractivity contribution in [2.75, 3.05) is 0 Å². The summed E-state index contributed by atoms with van der Waals surface area (Å²) in [6, 6.07) is 7.43. The van der Waals surface area contributed by atoms with Crippen molar-refractivity contribution in [1.82, 2.24) is 34.7 Å². The molecule has 4 aromatic rings. The lowest BCUT2D eigenvalue weighted by Crippen LogP contribution is -2.35. The molecule has 1 amide bonds. The summed E-state index contributed by atoms with van der Waals surface area (Å²) in [5.41, 5.74) is 3.53. The average molecular weight is 393 g/mol. The minimum absolute atomic E-state index is 0.119. The van der Waals surface area contributed by atoms with Crippen molar-refractivity contribution in [3.8, 4) is 11.3 Å². The number of rotatable bonds is 5. The van der Waals surface area contributed by atoms with E-state index < -0.39 is 0 Å². The van der Waals surface area contributed by atoms with Gasteiger partial charge in [0.2, 0.25) is 0 Å². The molecule has 0 saturated carbocycles. The molecule has 1 N–H and O–H groups in total. The van der Waals surface area contributed by atoms with Crippen molar-refractivity contribution in [2.45, 2.75) is 26.3 Å². The van der Waals surface area contributed by atoms with Crippen LogP contribution in [0, 0.1) is 12.7 Å². The molecule has 0 spiro atoms. The zero-order chi connectivity index (χ0) is 20.5. The van der Waals surface area contributed by atoms with E-state index in [4.69, 9.17) is 0 Å². The van der Waals surface area contributed by atoms with Crippen LogP contribution in [-0.2, 0) is 13.5 Å². The maximum Gasteiger partial charge on any atom is 0.270 e. The number of carbonyl (C=O) groups is 1. The van der Waals surface area contributed by atoms with Gasteiger partial charge in [0.15, 0.2) is 0 Å². The first-order valence-corrected chi connectivity index (χ1v) is 9.17. The highest BCUT2D eigenvalue weighted by molar-refractivity contribution is 5.94. The number of nitrogens with zero attached hydrogens (tertiary/aromatic N) is 6. The first kappa shape index (κ1) is 18.7. The Labute approximate surface area is 166 Å². The minimum atomic E-state index is -0.338. The third-order valence-corrected chi connectivity index (χ3v) is 4.64. The molecule has 3 aromatic heterocycles. The molecular weight excluding hydrogens is 373 g/mol. The van der Waals surface area contributed by atoms with E-state index in [1.807, 2.05) is 27.1 Å². The summed E-state index contributed by atoms with van der Waals surface area (Å²) in [6.07, 6.45) is 3.95. The van der Waals surface area contributed by atoms with Crippen LogP contribution < -0.4 is 5.32 Å². The van der Waals surface area contributed by atoms with Gasteiger partial charge in [0, 0.05) is 24.8 Å². The Hall–Kier alpha value is -3.62. The molecule has 29 heavy (non-hydrogen) atoms. The number of nitrogens with one attached hydrogen (secondary N) is 1. The van der Waals surface area contributed by atoms with E-state index >= 15 is 0 Å². The number of aromatic nitrogens is 6. The van der Waals surface area contributed by atoms with E-state index in [1.54, 1.807) is 22.9 Å². The topological polar surface area (TPSA) is 90.0 Å². The van der Waals surface area contributed by atoms with Crippen molar-refractivity contribution in [3.05, 3.63) is 65.6 Å². The maximum atomic E-state index is 13.2. The number of fused-ring (bicyclic) bond motifs is 1. The number of carbonyl (C=O) groups excluding carboxylic acids is 1. The zero-order valence-corrected chi connectivity index (χ0v) is 16.3. The summed E-state index contributed by atoms with van der Waals surface area (Å²) in [5.74, 6) is -0.331. The summed E-state index contributed by atoms with van der Waals surface area (Å²) in [4.78, 5) is 21.5. The Balaban J connectivity index is 1.62. The Morgan fingerprint density at radius 3 is 2.72 bits per heavy atom. The van der Waals surface area contributed by atoms with Crippen molar-refractivity contribution >= 4 is 11.7 Å². The number of amides is 1. The fraction of sp³-hybridized carbons (Fsp3) is 0.250. The fourth-order valence-electron chi connectivity index (χ4n) is 3.27. The van der Waals surface area contributed by atoms with Gasteiger partial charge < -0.3 is 5.32 Å². The molecule has 0 aliphatic carbocycles. The highest BCUT2D eigenvalue weighted by atomic mass is 19.1. The first-order valence-electron chi connectivity index (χ1n) is 9.17. The van der Waals surface area contributed by atoms with Crippen LogP contribution in [0.4, 0.5) is 4.39 Å². The van der Waals surface area contributed by atoms with E-state index in [0.29, 0.717) is 29.1 Å². The molecule has 0 saturated heterocycles. The monoisotopic (exact) mass is 393 g/mol. The molecule has 0 fully saturated rings. The van der Waals surface area contributed by atoms with Gasteiger partial charge in [-0.25, -0.2) is 9.37 Å². The predicted molar refractivity (Wildman–Crippen MR) is 105 cm³/mol. The number of hydrogen-bond donors (Lipinski definition) is 1. The van der Waals surface area contributed by atoms with E-state index in [-0.39, 0.29) is 17.8 Å². The molecule has 9 heteroatoms. The van der Waals surface area contributed by atoms with Gasteiger partial charge >= 0.3 is 0 Å². The summed E-state index contributed by atoms with van der Waals surface area (Å²) >= 11 is 0. The van der Waals surface area contributed by atoms with Crippen molar-refractivity contribution in [1.29, 1.82) is 0 Å². The van der Waals surface area contributed by atoms with E-state index in [9.17, 15) is 9.18 Å². The van der Waals surface area contributed by atoms with E-state index in [1.165, 1.54) is 23.0 Å². The molecule has 1 aromatic carbocycles. The van der Waals surface area contributed by atoms with Crippen LogP contribution in [0.1, 0.15) is 28.7 Å². The van der Waals surface area contributed by atoms with Gasteiger partial charge in [-0.2, -0.15) is 19.7 Å². The van der Waals surface area contributed by atoms with Crippen molar-refractivity contribution in [3.63, 3.8) is 0 Å². The summed E-state index contributed by atoms with van der Waals surface area (Å²) in [6.45, 7) is 3.88. The highest BCUT2D eigenvalue weighted by Crippen LogP contribution is 2.20. The Kier molecular flexibility index (Phi) is 4.79. The summed E-state index contributed by atoms with van der Waals surface area (Å²) < 4.78 is 16.4. The number of aryl methyl sites for hydroxylation is 2. The van der Waals surface area contributed by atoms with Gasteiger partial charge in [-0.3, -0.25) is 9.48 Å². The van der Waals surface area contributed by atoms with Gasteiger partial charge in [-0.15, -0.1) is 0 Å². The Morgan fingerprint density at radius 1 is 1.28 bits per heavy atom. The van der Waals surface area contributed by atoms with E-state index in [0.717, 1.165) is 11.3 Å². The van der Waals surface area contributed by atoms with Gasteiger partial charge in [0.25, 0.3) is 11.7 Å². The van der Waals surface area contributed by atoms with Crippen LogP contribution >= 0.6 is 0 Å². The highest BCUT2D eigenvalue weighted by Gasteiger charge is 2.18. The lowest BCUT2D eigenvalue weighted by Gasteiger charge is -2.14. The van der Waals surface area contributed by atoms with Crippen LogP contribution in [0.5, 0.6) is 0 Å². The van der Waals surface area contributed by atoms with Crippen LogP contribution in [0.25, 0.3) is 17.0 Å². The molecule has 4 rings (SSSR count). The lowest BCUT2D eigenvalue weighted by molar-refractivity contribution is 0.0932. The van der Waals surface area contributed by atoms with Crippen LogP contribution in [-0.4, -0.2) is 41.3 Å². The molecular formula is C20H20FN7O. The largest absolute Gasteiger partial charge is 0.348 e. The van der Waals surface area contributed by atoms with Gasteiger partial charge in [0.05, 0.1) is 11.4 Å². The third kappa shape index (κ3) is 3.84. The van der Waals surface area contributed by atoms with Crippen LogP contribution in [0.15, 0.2) is 42.9 Å². The number of benzene rings is 1. The number of hydrogen-bond acceptors (Lipinski definition) is 5. The SMILES string of the molecule is Cc1nn(C)cc1C[C@H](C)NC(=O)c1cc(-c2ccc(F)cc2)nc2ncnn12. The van der Waals surface area contributed by atoms with Crippen molar-refractivity contribution in [2.24, 2.45) is 7.05 Å². The Bertz CT molecular complexity index is 1180. The molecule has 0 radical (unpaired) electrons. The molecule has 148 valence electrons. The quantitative estimate of drug-likeness (QED) is 0.562. The van der Waals surface area contributed by atoms with Crippen LogP contribution in [0.3, 0.4) is 0 Å². The standard InChI is InChI=1S/C20H20FN7O/c1-12(8-15-10-27(3)26-13(15)2)24-19(29)18-9-17(14-4-6-16(21)7-5-14)25-20-22-11-23-28(18)20/h4-7,9-12H,8H2,1-3H3,(H,24,29)/t12-/m0/s1. The summed E-state index contributed by atoms with van der Waals surface area (Å²) in [5, 5.41) is 11.4. The molecule has 0 aliphatic heterocycles. The predicted octanol–water partition coefficient (Wildman–Crippen LogP) is 2.33. The Morgan fingerprint density at radius 2 is 2.03 bits per heavy atom. The number of halogens is 1. The van der Waals surface area contributed by atoms with Gasteiger partial charge in [0.1, 0.15) is 17.8 Å². The molecule has 0 bridgehead atoms. The molecule has 3 heterocycles. The van der Waals surface area contributed by atoms with Gasteiger partial charge in [-0.1, -0.05) is 0 Å². The first-order chi connectivity index (χ1) is 13.9. The zero-order valence-electron chi connectivity index (χ0n) is 16.3. The molecule has 8 nitrogen and oxygen atoms in total. The normalized spacial score (nSPS) is 12.3. The van der Waals surface area contributed by atoms with Crippen molar-refractivity contribution < 1.29 is 9.18 Å². The minimum Gasteiger partial charge on any atom is -0.348 e. The molecule has 1 atom stereocenters. The van der Waals surface area contributed by atoms with E-state index in [2.05, 4.69) is 25.5 Å². The molecule has 0 unspecified atom stereocenters. The maximum absolute atomic E-state index is 13.2. The second-order valence-corrected chi connectivity index (χ2v) is 7.00. The fourth-order valence-corrected chi connectivity index (χ4v) is 3.27. The lowest BCUT2D eigenvalue weighted by atomic mass is 10.1. The second-order valence-electron chi connectivity index (χ2n) is 7.00. The average Bonchev–Trinajstić information content (AvgIpc) is 3.27. The summed E-state index contributed by atoms with van der Waals surface area (Å²) in [7, 11) is 1.87. The van der Waals surface area contributed by atoms with Crippen LogP contribution in [0.2, 0.25) is 0 Å².